The summed E-state index contributed by atoms with van der Waals surface area (Å²) in [5.74, 6) is 0.0808. The third-order valence-corrected chi connectivity index (χ3v) is 5.52. The number of hydrogen-bond donors (Lipinski definition) is 0. The second-order valence-corrected chi connectivity index (χ2v) is 7.07. The summed E-state index contributed by atoms with van der Waals surface area (Å²) in [4.78, 5) is 31.2. The number of amides is 1. The first-order valence-corrected chi connectivity index (χ1v) is 9.22. The number of carbonyl (C=O) groups excluding carboxylic acids is 1. The Morgan fingerprint density at radius 3 is 2.68 bits per heavy atom. The average molecular weight is 339 g/mol. The molecule has 2 rings (SSSR count). The van der Waals surface area contributed by atoms with Crippen molar-refractivity contribution >= 4 is 39.2 Å². The van der Waals surface area contributed by atoms with E-state index in [0.717, 1.165) is 0 Å². The molecule has 0 aliphatic heterocycles. The fourth-order valence-electron chi connectivity index (χ4n) is 2.29. The van der Waals surface area contributed by atoms with Gasteiger partial charge in [-0.2, -0.15) is 0 Å². The van der Waals surface area contributed by atoms with Gasteiger partial charge < -0.3 is 4.90 Å². The lowest BCUT2D eigenvalue weighted by atomic mass is 10.4. The van der Waals surface area contributed by atoms with Crippen LogP contribution in [0.4, 0.5) is 0 Å². The first-order valence-electron chi connectivity index (χ1n) is 7.46. The van der Waals surface area contributed by atoms with Crippen LogP contribution in [0.2, 0.25) is 0 Å². The Kier molecular flexibility index (Phi) is 5.63. The molecule has 0 aliphatic rings. The Labute approximate surface area is 138 Å². The summed E-state index contributed by atoms with van der Waals surface area (Å²) in [5, 5.41) is 2.23. The second-order valence-electron chi connectivity index (χ2n) is 4.85. The summed E-state index contributed by atoms with van der Waals surface area (Å²) in [5.41, 5.74) is 0.692. The molecule has 0 fully saturated rings. The summed E-state index contributed by atoms with van der Waals surface area (Å²) in [6, 6.07) is 1.85. The van der Waals surface area contributed by atoms with Crippen LogP contribution in [0.3, 0.4) is 0 Å². The maximum absolute atomic E-state index is 12.5. The molecule has 0 aliphatic carbocycles. The molecule has 2 aromatic heterocycles. The SMILES string of the molecule is CCN(CC)C(=O)C(C)Sc1nc2ccsc2c(=O)n1CC. The summed E-state index contributed by atoms with van der Waals surface area (Å²) in [7, 11) is 0. The summed E-state index contributed by atoms with van der Waals surface area (Å²) in [6.07, 6.45) is 0. The molecule has 0 saturated carbocycles. The van der Waals surface area contributed by atoms with E-state index in [1.165, 1.54) is 23.1 Å². The Morgan fingerprint density at radius 1 is 1.41 bits per heavy atom. The van der Waals surface area contributed by atoms with Gasteiger partial charge in [-0.3, -0.25) is 14.2 Å². The maximum atomic E-state index is 12.5. The van der Waals surface area contributed by atoms with Crippen LogP contribution in [0.25, 0.3) is 10.2 Å². The summed E-state index contributed by atoms with van der Waals surface area (Å²) < 4.78 is 2.32. The molecule has 2 heterocycles. The molecule has 120 valence electrons. The summed E-state index contributed by atoms with van der Waals surface area (Å²) >= 11 is 2.77. The Morgan fingerprint density at radius 2 is 2.09 bits per heavy atom. The predicted octanol–water partition coefficient (Wildman–Crippen LogP) is 2.83. The van der Waals surface area contributed by atoms with Gasteiger partial charge in [0.2, 0.25) is 5.91 Å². The van der Waals surface area contributed by atoms with Crippen molar-refractivity contribution in [3.05, 3.63) is 21.8 Å². The Hall–Kier alpha value is -1.34. The van der Waals surface area contributed by atoms with Crippen molar-refractivity contribution in [3.63, 3.8) is 0 Å². The minimum absolute atomic E-state index is 0.0208. The van der Waals surface area contributed by atoms with Gasteiger partial charge in [0.15, 0.2) is 5.16 Å². The fraction of sp³-hybridized carbons (Fsp3) is 0.533. The van der Waals surface area contributed by atoms with E-state index in [1.54, 1.807) is 9.47 Å². The molecule has 0 spiro atoms. The van der Waals surface area contributed by atoms with Crippen molar-refractivity contribution in [2.45, 2.75) is 44.6 Å². The van der Waals surface area contributed by atoms with Gasteiger partial charge in [0.25, 0.3) is 5.56 Å². The first-order chi connectivity index (χ1) is 10.5. The monoisotopic (exact) mass is 339 g/mol. The molecule has 1 unspecified atom stereocenters. The maximum Gasteiger partial charge on any atom is 0.272 e. The molecule has 0 saturated heterocycles. The van der Waals surface area contributed by atoms with Gasteiger partial charge in [0.1, 0.15) is 4.70 Å². The molecule has 22 heavy (non-hydrogen) atoms. The van der Waals surface area contributed by atoms with Crippen molar-refractivity contribution in [2.24, 2.45) is 0 Å². The molecule has 7 heteroatoms. The molecular weight excluding hydrogens is 318 g/mol. The van der Waals surface area contributed by atoms with E-state index in [-0.39, 0.29) is 16.7 Å². The standard InChI is InChI=1S/C15H21N3O2S2/c1-5-17(6-2)13(19)10(4)22-15-16-11-8-9-21-12(11)14(20)18(15)7-3/h8-10H,5-7H2,1-4H3. The van der Waals surface area contributed by atoms with E-state index in [9.17, 15) is 9.59 Å². The molecule has 0 bridgehead atoms. The predicted molar refractivity (Wildman–Crippen MR) is 92.8 cm³/mol. The van der Waals surface area contributed by atoms with E-state index in [0.29, 0.717) is 35.0 Å². The molecule has 5 nitrogen and oxygen atoms in total. The highest BCUT2D eigenvalue weighted by Crippen LogP contribution is 2.25. The molecule has 0 radical (unpaired) electrons. The zero-order valence-corrected chi connectivity index (χ0v) is 15.0. The first kappa shape index (κ1) is 17.0. The van der Waals surface area contributed by atoms with Gasteiger partial charge in [-0.25, -0.2) is 4.98 Å². The number of nitrogens with zero attached hydrogens (tertiary/aromatic N) is 3. The van der Waals surface area contributed by atoms with Crippen LogP contribution in [-0.2, 0) is 11.3 Å². The number of rotatable bonds is 6. The van der Waals surface area contributed by atoms with E-state index < -0.39 is 0 Å². The number of fused-ring (bicyclic) bond motifs is 1. The summed E-state index contributed by atoms with van der Waals surface area (Å²) in [6.45, 7) is 9.66. The van der Waals surface area contributed by atoms with Gasteiger partial charge in [-0.15, -0.1) is 11.3 Å². The normalized spacial score (nSPS) is 12.5. The molecule has 1 amide bonds. The Bertz CT molecular complexity index is 719. The quantitative estimate of drug-likeness (QED) is 0.600. The number of hydrogen-bond acceptors (Lipinski definition) is 5. The third kappa shape index (κ3) is 3.20. The smallest absolute Gasteiger partial charge is 0.272 e. The van der Waals surface area contributed by atoms with Crippen LogP contribution in [-0.4, -0.2) is 38.7 Å². The lowest BCUT2D eigenvalue weighted by molar-refractivity contribution is -0.129. The zero-order chi connectivity index (χ0) is 16.3. The number of carbonyl (C=O) groups is 1. The van der Waals surface area contributed by atoms with Gasteiger partial charge in [0, 0.05) is 19.6 Å². The van der Waals surface area contributed by atoms with Gasteiger partial charge in [0.05, 0.1) is 10.8 Å². The van der Waals surface area contributed by atoms with Crippen LogP contribution < -0.4 is 5.56 Å². The van der Waals surface area contributed by atoms with E-state index in [4.69, 9.17) is 0 Å². The van der Waals surface area contributed by atoms with Crippen molar-refractivity contribution in [1.82, 2.24) is 14.5 Å². The highest BCUT2D eigenvalue weighted by atomic mass is 32.2. The van der Waals surface area contributed by atoms with E-state index in [1.807, 2.05) is 39.1 Å². The molecule has 1 atom stereocenters. The number of aromatic nitrogens is 2. The molecular formula is C15H21N3O2S2. The largest absolute Gasteiger partial charge is 0.342 e. The second kappa shape index (κ2) is 7.28. The fourth-order valence-corrected chi connectivity index (χ4v) is 4.13. The van der Waals surface area contributed by atoms with Crippen LogP contribution in [0.15, 0.2) is 21.4 Å². The lowest BCUT2D eigenvalue weighted by Gasteiger charge is -2.22. The molecule has 0 aromatic carbocycles. The minimum atomic E-state index is -0.263. The molecule has 2 aromatic rings. The lowest BCUT2D eigenvalue weighted by Crippen LogP contribution is -2.36. The van der Waals surface area contributed by atoms with Crippen molar-refractivity contribution in [3.8, 4) is 0 Å². The topological polar surface area (TPSA) is 55.2 Å². The Balaban J connectivity index is 2.34. The average Bonchev–Trinajstić information content (AvgIpc) is 2.97. The van der Waals surface area contributed by atoms with Gasteiger partial charge in [-0.05, 0) is 39.1 Å². The van der Waals surface area contributed by atoms with Crippen LogP contribution in [0, 0.1) is 0 Å². The van der Waals surface area contributed by atoms with Crippen LogP contribution in [0.5, 0.6) is 0 Å². The van der Waals surface area contributed by atoms with Crippen LogP contribution >= 0.6 is 23.1 Å². The van der Waals surface area contributed by atoms with Gasteiger partial charge >= 0.3 is 0 Å². The zero-order valence-electron chi connectivity index (χ0n) is 13.3. The number of thioether (sulfide) groups is 1. The van der Waals surface area contributed by atoms with Gasteiger partial charge in [-0.1, -0.05) is 11.8 Å². The third-order valence-electron chi connectivity index (χ3n) is 3.55. The number of thiophene rings is 1. The van der Waals surface area contributed by atoms with Crippen molar-refractivity contribution < 1.29 is 4.79 Å². The van der Waals surface area contributed by atoms with Crippen molar-refractivity contribution in [2.75, 3.05) is 13.1 Å². The highest BCUT2D eigenvalue weighted by Gasteiger charge is 2.22. The highest BCUT2D eigenvalue weighted by molar-refractivity contribution is 8.00. The van der Waals surface area contributed by atoms with E-state index >= 15 is 0 Å². The molecule has 0 N–H and O–H groups in total. The van der Waals surface area contributed by atoms with Crippen molar-refractivity contribution in [1.29, 1.82) is 0 Å². The van der Waals surface area contributed by atoms with E-state index in [2.05, 4.69) is 4.98 Å². The minimum Gasteiger partial charge on any atom is -0.342 e. The van der Waals surface area contributed by atoms with Crippen LogP contribution in [0.1, 0.15) is 27.7 Å².